The molecule has 2 N–H and O–H groups in total. The van der Waals surface area contributed by atoms with E-state index >= 15 is 0 Å². The summed E-state index contributed by atoms with van der Waals surface area (Å²) in [5.41, 5.74) is 6.92. The molecule has 3 rings (SSSR count). The zero-order valence-electron chi connectivity index (χ0n) is 20.4. The quantitative estimate of drug-likeness (QED) is 0.530. The number of halogens is 1. The third-order valence-electron chi connectivity index (χ3n) is 4.50. The summed E-state index contributed by atoms with van der Waals surface area (Å²) in [4.78, 5) is 14.8. The van der Waals surface area contributed by atoms with Gasteiger partial charge in [-0.1, -0.05) is 44.0 Å². The lowest BCUT2D eigenvalue weighted by Crippen LogP contribution is -2.18. The molecule has 0 radical (unpaired) electrons. The van der Waals surface area contributed by atoms with Crippen molar-refractivity contribution in [1.29, 1.82) is 0 Å². The first-order chi connectivity index (χ1) is 16.0. The lowest BCUT2D eigenvalue weighted by Gasteiger charge is -2.13. The van der Waals surface area contributed by atoms with Crippen molar-refractivity contribution in [3.63, 3.8) is 0 Å². The molecule has 2 atom stereocenters. The molecular formula is C25H35FN6O. The van der Waals surface area contributed by atoms with Gasteiger partial charge in [0.2, 0.25) is 11.7 Å². The molecule has 1 fully saturated rings. The fourth-order valence-electron chi connectivity index (χ4n) is 2.84. The minimum Gasteiger partial charge on any atom is -0.405 e. The number of hydrogen-bond donors (Lipinski definition) is 1. The van der Waals surface area contributed by atoms with E-state index in [0.717, 1.165) is 17.7 Å². The molecule has 1 aliphatic rings. The number of aromatic nitrogens is 3. The van der Waals surface area contributed by atoms with Crippen molar-refractivity contribution in [3.8, 4) is 23.4 Å². The molecule has 0 aliphatic carbocycles. The van der Waals surface area contributed by atoms with Crippen LogP contribution in [0.1, 0.15) is 58.0 Å². The van der Waals surface area contributed by atoms with E-state index in [1.54, 1.807) is 25.4 Å². The van der Waals surface area contributed by atoms with Gasteiger partial charge in [0.1, 0.15) is 17.6 Å². The Morgan fingerprint density at radius 1 is 1.39 bits per heavy atom. The van der Waals surface area contributed by atoms with Crippen molar-refractivity contribution < 1.29 is 8.91 Å². The Morgan fingerprint density at radius 3 is 2.64 bits per heavy atom. The van der Waals surface area contributed by atoms with Crippen molar-refractivity contribution in [3.05, 3.63) is 54.2 Å². The standard InChI is InChI=1S/C20H22FN5O.C3H7N.C2H6/c1-4-5-6-16(22-2)9-7-14-8-10-17(23-12-14)19-24-20(27-25-19)18-11-15(21)13-26(18)3;1-2-3-4;1-2/h5-6,8,10,12,15,18H,4,11,13H2,1-3H3;2-3H,4H2,1H3;1-2H3/b6-5-,22-16?;3-2-;. The van der Waals surface area contributed by atoms with Crippen LogP contribution < -0.4 is 5.73 Å². The van der Waals surface area contributed by atoms with E-state index in [-0.39, 0.29) is 6.04 Å². The van der Waals surface area contributed by atoms with Crippen LogP contribution in [0.3, 0.4) is 0 Å². The number of alkyl halides is 1. The average molecular weight is 455 g/mol. The third-order valence-corrected chi connectivity index (χ3v) is 4.50. The summed E-state index contributed by atoms with van der Waals surface area (Å²) in [6.07, 6.45) is 9.29. The van der Waals surface area contributed by atoms with Crippen molar-refractivity contribution in [1.82, 2.24) is 20.0 Å². The molecule has 2 aromatic rings. The second-order valence-corrected chi connectivity index (χ2v) is 6.87. The highest BCUT2D eigenvalue weighted by Crippen LogP contribution is 2.31. The summed E-state index contributed by atoms with van der Waals surface area (Å²) in [7, 11) is 3.56. The van der Waals surface area contributed by atoms with Gasteiger partial charge in [0.15, 0.2) is 0 Å². The highest BCUT2D eigenvalue weighted by Gasteiger charge is 2.34. The molecule has 0 spiro atoms. The molecule has 2 aromatic heterocycles. The summed E-state index contributed by atoms with van der Waals surface area (Å²) in [6, 6.07) is 3.45. The van der Waals surface area contributed by atoms with Gasteiger partial charge in [0.05, 0.1) is 6.04 Å². The molecule has 178 valence electrons. The van der Waals surface area contributed by atoms with Gasteiger partial charge in [-0.2, -0.15) is 4.98 Å². The first-order valence-corrected chi connectivity index (χ1v) is 11.1. The Labute approximate surface area is 196 Å². The average Bonchev–Trinajstić information content (AvgIpc) is 3.47. The molecule has 8 heteroatoms. The summed E-state index contributed by atoms with van der Waals surface area (Å²) in [5, 5.41) is 3.98. The molecule has 3 heterocycles. The Balaban J connectivity index is 0.000000820. The second kappa shape index (κ2) is 15.5. The second-order valence-electron chi connectivity index (χ2n) is 6.87. The number of nitrogens with zero attached hydrogens (tertiary/aromatic N) is 5. The van der Waals surface area contributed by atoms with Gasteiger partial charge >= 0.3 is 0 Å². The summed E-state index contributed by atoms with van der Waals surface area (Å²) in [5.74, 6) is 6.86. The van der Waals surface area contributed by atoms with Crippen molar-refractivity contribution in [2.75, 3.05) is 20.6 Å². The summed E-state index contributed by atoms with van der Waals surface area (Å²) >= 11 is 0. The minimum atomic E-state index is -0.866. The fraction of sp³-hybridized carbons (Fsp3) is 0.440. The molecule has 0 bridgehead atoms. The summed E-state index contributed by atoms with van der Waals surface area (Å²) in [6.45, 7) is 8.31. The van der Waals surface area contributed by atoms with Crippen LogP contribution in [0.2, 0.25) is 0 Å². The highest BCUT2D eigenvalue weighted by molar-refractivity contribution is 6.08. The van der Waals surface area contributed by atoms with Gasteiger partial charge in [-0.15, -0.1) is 0 Å². The molecule has 0 aromatic carbocycles. The molecule has 2 unspecified atom stereocenters. The van der Waals surface area contributed by atoms with E-state index in [4.69, 9.17) is 10.3 Å². The van der Waals surface area contributed by atoms with Gasteiger partial charge < -0.3 is 10.3 Å². The number of nitrogens with two attached hydrogens (primary N) is 1. The molecule has 33 heavy (non-hydrogen) atoms. The molecular weight excluding hydrogens is 419 g/mol. The number of rotatable bonds is 4. The van der Waals surface area contributed by atoms with Crippen LogP contribution in [-0.2, 0) is 0 Å². The van der Waals surface area contributed by atoms with Gasteiger partial charge in [0, 0.05) is 31.8 Å². The zero-order chi connectivity index (χ0) is 24.6. The normalized spacial score (nSPS) is 18.3. The predicted molar refractivity (Wildman–Crippen MR) is 132 cm³/mol. The van der Waals surface area contributed by atoms with Gasteiger partial charge in [-0.05, 0) is 50.7 Å². The molecule has 0 amide bonds. The van der Waals surface area contributed by atoms with Crippen LogP contribution in [0.25, 0.3) is 11.5 Å². The Bertz CT molecular complexity index is 965. The largest absolute Gasteiger partial charge is 0.405 e. The molecule has 0 saturated carbocycles. The monoisotopic (exact) mass is 454 g/mol. The number of allylic oxidation sites excluding steroid dienone is 3. The Hall–Kier alpha value is -3.31. The van der Waals surface area contributed by atoms with E-state index < -0.39 is 6.17 Å². The van der Waals surface area contributed by atoms with Crippen molar-refractivity contribution in [2.24, 2.45) is 10.7 Å². The lowest BCUT2D eigenvalue weighted by molar-refractivity contribution is 0.243. The number of pyridine rings is 1. The number of likely N-dealkylation sites (tertiary alicyclic amines) is 1. The Morgan fingerprint density at radius 2 is 2.12 bits per heavy atom. The van der Waals surface area contributed by atoms with Crippen molar-refractivity contribution in [2.45, 2.75) is 52.8 Å². The highest BCUT2D eigenvalue weighted by atomic mass is 19.1. The van der Waals surface area contributed by atoms with E-state index in [9.17, 15) is 4.39 Å². The Kier molecular flexibility index (Phi) is 13.0. The van der Waals surface area contributed by atoms with Crippen LogP contribution in [0, 0.1) is 11.8 Å². The first-order valence-electron chi connectivity index (χ1n) is 11.1. The van der Waals surface area contributed by atoms with E-state index in [1.807, 2.05) is 50.9 Å². The van der Waals surface area contributed by atoms with Gasteiger partial charge in [0.25, 0.3) is 0 Å². The topological polar surface area (TPSA) is 93.4 Å². The number of hydrogen-bond acceptors (Lipinski definition) is 7. The van der Waals surface area contributed by atoms with Crippen LogP contribution in [-0.4, -0.2) is 52.5 Å². The van der Waals surface area contributed by atoms with E-state index in [0.29, 0.717) is 30.4 Å². The molecule has 1 saturated heterocycles. The maximum atomic E-state index is 13.5. The third kappa shape index (κ3) is 8.99. The van der Waals surface area contributed by atoms with Crippen molar-refractivity contribution >= 4 is 5.71 Å². The maximum Gasteiger partial charge on any atom is 0.244 e. The van der Waals surface area contributed by atoms with Gasteiger partial charge in [-0.3, -0.25) is 14.9 Å². The van der Waals surface area contributed by atoms with Crippen LogP contribution in [0.15, 0.2) is 52.3 Å². The maximum absolute atomic E-state index is 13.5. The predicted octanol–water partition coefficient (Wildman–Crippen LogP) is 4.74. The SMILES string of the molecule is C/C=C\N.CC.CC/C=C\C(C#Cc1ccc(-c2noc(C3CC(F)CN3C)n2)nc1)=NC. The van der Waals surface area contributed by atoms with Crippen LogP contribution in [0.4, 0.5) is 4.39 Å². The first kappa shape index (κ1) is 27.7. The zero-order valence-corrected chi connectivity index (χ0v) is 20.4. The summed E-state index contributed by atoms with van der Waals surface area (Å²) < 4.78 is 18.9. The minimum absolute atomic E-state index is 0.186. The number of aliphatic imine (C=N–C) groups is 1. The lowest BCUT2D eigenvalue weighted by atomic mass is 10.2. The molecule has 1 aliphatic heterocycles. The van der Waals surface area contributed by atoms with E-state index in [2.05, 4.69) is 38.9 Å². The van der Waals surface area contributed by atoms with Crippen LogP contribution in [0.5, 0.6) is 0 Å². The van der Waals surface area contributed by atoms with Crippen LogP contribution >= 0.6 is 0 Å². The van der Waals surface area contributed by atoms with Gasteiger partial charge in [-0.25, -0.2) is 4.39 Å². The van der Waals surface area contributed by atoms with E-state index in [1.165, 1.54) is 6.20 Å². The smallest absolute Gasteiger partial charge is 0.244 e. The molecule has 7 nitrogen and oxygen atoms in total. The fourth-order valence-corrected chi connectivity index (χ4v) is 2.84.